The molecule has 0 bridgehead atoms. The van der Waals surface area contributed by atoms with Crippen LogP contribution in [-0.4, -0.2) is 19.3 Å². The van der Waals surface area contributed by atoms with Gasteiger partial charge in [0.1, 0.15) is 0 Å². The lowest BCUT2D eigenvalue weighted by atomic mass is 10.1. The average molecular weight is 290 g/mol. The first kappa shape index (κ1) is 13.3. The number of hydrogen-bond donors (Lipinski definition) is 1. The fraction of sp³-hybridized carbons (Fsp3) is 0.500. The molecule has 0 amide bonds. The third-order valence-corrected chi connectivity index (χ3v) is 4.50. The van der Waals surface area contributed by atoms with Crippen molar-refractivity contribution in [2.24, 2.45) is 7.05 Å². The fourth-order valence-electron chi connectivity index (χ4n) is 3.02. The lowest BCUT2D eigenvalue weighted by Gasteiger charge is -2.18. The Morgan fingerprint density at radius 2 is 2.05 bits per heavy atom. The van der Waals surface area contributed by atoms with E-state index in [1.54, 1.807) is 4.57 Å². The van der Waals surface area contributed by atoms with Crippen LogP contribution in [0.25, 0.3) is 11.4 Å². The zero-order valence-electron chi connectivity index (χ0n) is 11.7. The highest BCUT2D eigenvalue weighted by molar-refractivity contribution is 7.71. The second kappa shape index (κ2) is 5.01. The molecule has 6 heteroatoms. The van der Waals surface area contributed by atoms with E-state index in [1.807, 2.05) is 30.7 Å². The standard InChI is InChI=1S/C14H18N4OS/c1-9-7-8-11(12-15-16-14(20)17(12)2)13(19)18(9)10-5-3-4-6-10/h7-8,10H,3-6H2,1-2H3,(H,16,20). The third-order valence-electron chi connectivity index (χ3n) is 4.13. The molecule has 0 aliphatic heterocycles. The zero-order chi connectivity index (χ0) is 14.3. The normalized spacial score (nSPS) is 15.9. The van der Waals surface area contributed by atoms with Gasteiger partial charge < -0.3 is 9.13 Å². The molecule has 0 atom stereocenters. The summed E-state index contributed by atoms with van der Waals surface area (Å²) >= 11 is 5.12. The van der Waals surface area contributed by atoms with Gasteiger partial charge in [0.2, 0.25) is 0 Å². The molecule has 0 saturated heterocycles. The van der Waals surface area contributed by atoms with E-state index in [-0.39, 0.29) is 5.56 Å². The highest BCUT2D eigenvalue weighted by atomic mass is 32.1. The summed E-state index contributed by atoms with van der Waals surface area (Å²) in [6.45, 7) is 1.99. The first-order valence-corrected chi connectivity index (χ1v) is 7.34. The number of hydrogen-bond acceptors (Lipinski definition) is 3. The summed E-state index contributed by atoms with van der Waals surface area (Å²) in [5, 5.41) is 6.91. The lowest BCUT2D eigenvalue weighted by molar-refractivity contribution is 0.491. The van der Waals surface area contributed by atoms with Gasteiger partial charge in [0.15, 0.2) is 10.6 Å². The lowest BCUT2D eigenvalue weighted by Crippen LogP contribution is -2.27. The third kappa shape index (κ3) is 2.04. The minimum absolute atomic E-state index is 0.0361. The molecular weight excluding hydrogens is 272 g/mol. The van der Waals surface area contributed by atoms with Crippen molar-refractivity contribution in [3.63, 3.8) is 0 Å². The molecule has 0 aromatic carbocycles. The summed E-state index contributed by atoms with van der Waals surface area (Å²) in [5.41, 5.74) is 1.66. The van der Waals surface area contributed by atoms with Crippen LogP contribution in [0.5, 0.6) is 0 Å². The SMILES string of the molecule is Cc1ccc(-c2n[nH]c(=S)n2C)c(=O)n1C1CCCC1. The molecule has 2 heterocycles. The first-order valence-electron chi connectivity index (χ1n) is 6.93. The van der Waals surface area contributed by atoms with Crippen LogP contribution in [0.15, 0.2) is 16.9 Å². The Morgan fingerprint density at radius 1 is 1.35 bits per heavy atom. The van der Waals surface area contributed by atoms with Crippen LogP contribution in [0.1, 0.15) is 37.4 Å². The van der Waals surface area contributed by atoms with Gasteiger partial charge in [-0.1, -0.05) is 12.8 Å². The van der Waals surface area contributed by atoms with Crippen molar-refractivity contribution in [2.45, 2.75) is 38.6 Å². The minimum atomic E-state index is 0.0361. The van der Waals surface area contributed by atoms with Gasteiger partial charge in [-0.2, -0.15) is 5.10 Å². The molecule has 0 spiro atoms. The molecule has 5 nitrogen and oxygen atoms in total. The largest absolute Gasteiger partial charge is 0.309 e. The van der Waals surface area contributed by atoms with E-state index in [0.717, 1.165) is 18.5 Å². The Hall–Kier alpha value is -1.69. The molecule has 2 aromatic rings. The maximum Gasteiger partial charge on any atom is 0.262 e. The highest BCUT2D eigenvalue weighted by Crippen LogP contribution is 2.29. The molecule has 20 heavy (non-hydrogen) atoms. The van der Waals surface area contributed by atoms with Crippen molar-refractivity contribution in [1.29, 1.82) is 0 Å². The van der Waals surface area contributed by atoms with Crippen molar-refractivity contribution in [1.82, 2.24) is 19.3 Å². The van der Waals surface area contributed by atoms with Crippen molar-refractivity contribution in [3.8, 4) is 11.4 Å². The molecule has 2 aromatic heterocycles. The highest BCUT2D eigenvalue weighted by Gasteiger charge is 2.22. The van der Waals surface area contributed by atoms with Crippen LogP contribution < -0.4 is 5.56 Å². The van der Waals surface area contributed by atoms with Crippen LogP contribution in [0.4, 0.5) is 0 Å². The molecule has 1 N–H and O–H groups in total. The number of nitrogens with zero attached hydrogens (tertiary/aromatic N) is 3. The van der Waals surface area contributed by atoms with Crippen LogP contribution in [0.2, 0.25) is 0 Å². The monoisotopic (exact) mass is 290 g/mol. The van der Waals surface area contributed by atoms with Crippen LogP contribution in [0, 0.1) is 11.7 Å². The predicted molar refractivity (Wildman–Crippen MR) is 80.3 cm³/mol. The van der Waals surface area contributed by atoms with Crippen LogP contribution >= 0.6 is 12.2 Å². The first-order chi connectivity index (χ1) is 9.59. The Balaban J connectivity index is 2.19. The minimum Gasteiger partial charge on any atom is -0.309 e. The van der Waals surface area contributed by atoms with Gasteiger partial charge in [0.05, 0.1) is 5.56 Å². The summed E-state index contributed by atoms with van der Waals surface area (Å²) < 4.78 is 4.19. The van der Waals surface area contributed by atoms with Gasteiger partial charge in [-0.25, -0.2) is 0 Å². The number of aromatic nitrogens is 4. The number of aromatic amines is 1. The quantitative estimate of drug-likeness (QED) is 0.865. The Labute approximate surface area is 122 Å². The summed E-state index contributed by atoms with van der Waals surface area (Å²) in [6, 6.07) is 4.16. The molecule has 0 radical (unpaired) electrons. The van der Waals surface area contributed by atoms with Gasteiger partial charge in [0.25, 0.3) is 5.56 Å². The molecule has 1 saturated carbocycles. The van der Waals surface area contributed by atoms with E-state index >= 15 is 0 Å². The molecular formula is C14H18N4OS. The Bertz CT molecular complexity index is 749. The topological polar surface area (TPSA) is 55.6 Å². The summed E-state index contributed by atoms with van der Waals surface area (Å²) in [7, 11) is 1.82. The predicted octanol–water partition coefficient (Wildman–Crippen LogP) is 2.73. The van der Waals surface area contributed by atoms with Gasteiger partial charge in [-0.3, -0.25) is 9.89 Å². The number of aryl methyl sites for hydroxylation is 1. The summed E-state index contributed by atoms with van der Waals surface area (Å²) in [4.78, 5) is 12.8. The smallest absolute Gasteiger partial charge is 0.262 e. The Kier molecular flexibility index (Phi) is 3.33. The molecule has 106 valence electrons. The number of pyridine rings is 1. The van der Waals surface area contributed by atoms with Crippen LogP contribution in [-0.2, 0) is 7.05 Å². The average Bonchev–Trinajstić information content (AvgIpc) is 3.04. The maximum absolute atomic E-state index is 12.8. The fourth-order valence-corrected chi connectivity index (χ4v) is 3.15. The number of rotatable bonds is 2. The molecule has 0 unspecified atom stereocenters. The van der Waals surface area contributed by atoms with Crippen molar-refractivity contribution < 1.29 is 0 Å². The second-order valence-electron chi connectivity index (χ2n) is 5.41. The molecule has 1 aliphatic rings. The molecule has 1 fully saturated rings. The van der Waals surface area contributed by atoms with E-state index in [1.165, 1.54) is 12.8 Å². The number of H-pyrrole nitrogens is 1. The molecule has 3 rings (SSSR count). The van der Waals surface area contributed by atoms with Gasteiger partial charge in [-0.15, -0.1) is 0 Å². The van der Waals surface area contributed by atoms with E-state index in [0.29, 0.717) is 22.2 Å². The van der Waals surface area contributed by atoms with E-state index in [2.05, 4.69) is 10.2 Å². The van der Waals surface area contributed by atoms with E-state index < -0.39 is 0 Å². The van der Waals surface area contributed by atoms with E-state index in [9.17, 15) is 4.79 Å². The van der Waals surface area contributed by atoms with Gasteiger partial charge >= 0.3 is 0 Å². The van der Waals surface area contributed by atoms with E-state index in [4.69, 9.17) is 12.2 Å². The maximum atomic E-state index is 12.8. The van der Waals surface area contributed by atoms with Crippen molar-refractivity contribution in [3.05, 3.63) is 33.0 Å². The molecule has 1 aliphatic carbocycles. The van der Waals surface area contributed by atoms with Gasteiger partial charge in [0, 0.05) is 18.8 Å². The zero-order valence-corrected chi connectivity index (χ0v) is 12.5. The second-order valence-corrected chi connectivity index (χ2v) is 5.80. The van der Waals surface area contributed by atoms with Crippen molar-refractivity contribution in [2.75, 3.05) is 0 Å². The van der Waals surface area contributed by atoms with Gasteiger partial charge in [-0.05, 0) is 44.1 Å². The summed E-state index contributed by atoms with van der Waals surface area (Å²) in [5.74, 6) is 0.603. The summed E-state index contributed by atoms with van der Waals surface area (Å²) in [6.07, 6.45) is 4.58. The van der Waals surface area contributed by atoms with Crippen molar-refractivity contribution >= 4 is 12.2 Å². The number of nitrogens with one attached hydrogen (secondary N) is 1. The van der Waals surface area contributed by atoms with Crippen LogP contribution in [0.3, 0.4) is 0 Å². The Morgan fingerprint density at radius 3 is 2.65 bits per heavy atom.